The van der Waals surface area contributed by atoms with Crippen LogP contribution in [0.4, 0.5) is 5.69 Å². The fourth-order valence-corrected chi connectivity index (χ4v) is 3.83. The van der Waals surface area contributed by atoms with E-state index < -0.39 is 0 Å². The number of phenols is 1. The number of thioether (sulfide) groups is 1. The predicted molar refractivity (Wildman–Crippen MR) is 113 cm³/mol. The number of aromatic hydroxyl groups is 1. The smallest absolute Gasteiger partial charge is 0.274 e. The number of phenolic OH excluding ortho intramolecular Hbond substituents is 1. The fraction of sp³-hybridized carbons (Fsp3) is 0.143. The van der Waals surface area contributed by atoms with Gasteiger partial charge in [0, 0.05) is 29.6 Å². The lowest BCUT2D eigenvalue weighted by Gasteiger charge is -2.13. The van der Waals surface area contributed by atoms with Crippen molar-refractivity contribution in [1.82, 2.24) is 19.7 Å². The van der Waals surface area contributed by atoms with E-state index in [0.717, 1.165) is 21.5 Å². The molecule has 7 nitrogen and oxygen atoms in total. The summed E-state index contributed by atoms with van der Waals surface area (Å²) in [7, 11) is 1.91. The van der Waals surface area contributed by atoms with Gasteiger partial charge in [-0.15, -0.1) is 10.2 Å². The van der Waals surface area contributed by atoms with Crippen molar-refractivity contribution >= 4 is 34.1 Å². The molecular weight excluding hydrogens is 386 g/mol. The molecule has 1 atom stereocenters. The van der Waals surface area contributed by atoms with Crippen LogP contribution in [0.25, 0.3) is 10.8 Å². The quantitative estimate of drug-likeness (QED) is 0.484. The highest BCUT2D eigenvalue weighted by atomic mass is 32.2. The summed E-state index contributed by atoms with van der Waals surface area (Å²) >= 11 is 1.60. The first-order valence-electron chi connectivity index (χ1n) is 9.00. The van der Waals surface area contributed by atoms with Crippen LogP contribution in [0.15, 0.2) is 66.2 Å². The summed E-state index contributed by atoms with van der Waals surface area (Å²) < 4.78 is 1.87. The largest absolute Gasteiger partial charge is 0.508 e. The molecule has 0 aliphatic heterocycles. The van der Waals surface area contributed by atoms with E-state index in [1.54, 1.807) is 48.6 Å². The van der Waals surface area contributed by atoms with Gasteiger partial charge in [0.05, 0.1) is 0 Å². The highest BCUT2D eigenvalue weighted by Crippen LogP contribution is 2.34. The molecule has 0 saturated heterocycles. The van der Waals surface area contributed by atoms with Gasteiger partial charge in [-0.05, 0) is 48.2 Å². The van der Waals surface area contributed by atoms with Crippen LogP contribution < -0.4 is 5.32 Å². The third-order valence-corrected chi connectivity index (χ3v) is 5.71. The molecule has 2 heterocycles. The van der Waals surface area contributed by atoms with E-state index in [-0.39, 0.29) is 16.9 Å². The zero-order valence-corrected chi connectivity index (χ0v) is 16.7. The van der Waals surface area contributed by atoms with Crippen LogP contribution in [0.1, 0.15) is 28.2 Å². The number of hydrogen-bond donors (Lipinski definition) is 2. The summed E-state index contributed by atoms with van der Waals surface area (Å²) in [6, 6.07) is 14.4. The number of anilines is 1. The average molecular weight is 405 g/mol. The Morgan fingerprint density at radius 2 is 2.03 bits per heavy atom. The summed E-state index contributed by atoms with van der Waals surface area (Å²) in [6.45, 7) is 2.08. The van der Waals surface area contributed by atoms with Gasteiger partial charge in [-0.25, -0.2) is 0 Å². The maximum absolute atomic E-state index is 12.7. The summed E-state index contributed by atoms with van der Waals surface area (Å²) in [5.74, 6) is -0.118. The molecule has 4 aromatic rings. The number of nitrogens with zero attached hydrogens (tertiary/aromatic N) is 4. The van der Waals surface area contributed by atoms with Gasteiger partial charge in [0.2, 0.25) is 0 Å². The lowest BCUT2D eigenvalue weighted by atomic mass is 10.1. The molecule has 4 rings (SSSR count). The highest BCUT2D eigenvalue weighted by Gasteiger charge is 2.13. The predicted octanol–water partition coefficient (Wildman–Crippen LogP) is 4.17. The minimum atomic E-state index is -0.286. The van der Waals surface area contributed by atoms with E-state index in [1.807, 2.05) is 35.9 Å². The Labute approximate surface area is 171 Å². The average Bonchev–Trinajstić information content (AvgIpc) is 3.12. The number of hydrogen-bond acceptors (Lipinski definition) is 6. The van der Waals surface area contributed by atoms with E-state index in [2.05, 4.69) is 27.4 Å². The molecule has 0 fully saturated rings. The standard InChI is InChI=1S/C21H19N5O2S/c1-13(29-21-25-23-12-26(21)2)14-4-3-5-17(8-14)24-20(28)19-10-15-6-7-18(27)9-16(15)11-22-19/h3-13,27H,1-2H3,(H,24,28)/t13-/m0/s1. The maximum atomic E-state index is 12.7. The van der Waals surface area contributed by atoms with E-state index in [4.69, 9.17) is 0 Å². The molecule has 0 unspecified atom stereocenters. The van der Waals surface area contributed by atoms with Crippen molar-refractivity contribution in [3.05, 3.63) is 72.3 Å². The number of amides is 1. The number of aromatic nitrogens is 4. The van der Waals surface area contributed by atoms with Crippen molar-refractivity contribution in [3.63, 3.8) is 0 Å². The van der Waals surface area contributed by atoms with Crippen molar-refractivity contribution in [2.45, 2.75) is 17.3 Å². The van der Waals surface area contributed by atoms with E-state index in [1.165, 1.54) is 0 Å². The lowest BCUT2D eigenvalue weighted by molar-refractivity contribution is 0.102. The third-order valence-electron chi connectivity index (χ3n) is 4.50. The molecule has 2 N–H and O–H groups in total. The first kappa shape index (κ1) is 18.9. The molecule has 2 aromatic heterocycles. The number of benzene rings is 2. The fourth-order valence-electron chi connectivity index (χ4n) is 2.92. The Morgan fingerprint density at radius 1 is 1.17 bits per heavy atom. The number of carbonyl (C=O) groups excluding carboxylic acids is 1. The van der Waals surface area contributed by atoms with Crippen LogP contribution in [0.3, 0.4) is 0 Å². The van der Waals surface area contributed by atoms with Crippen molar-refractivity contribution in [2.75, 3.05) is 5.32 Å². The Hall–Kier alpha value is -3.39. The molecule has 0 spiro atoms. The molecule has 0 bridgehead atoms. The number of carbonyl (C=O) groups is 1. The first-order chi connectivity index (χ1) is 14.0. The Balaban J connectivity index is 1.50. The number of fused-ring (bicyclic) bond motifs is 1. The lowest BCUT2D eigenvalue weighted by Crippen LogP contribution is -2.13. The minimum absolute atomic E-state index is 0.140. The van der Waals surface area contributed by atoms with Gasteiger partial charge < -0.3 is 15.0 Å². The monoisotopic (exact) mass is 405 g/mol. The van der Waals surface area contributed by atoms with E-state index >= 15 is 0 Å². The summed E-state index contributed by atoms with van der Waals surface area (Å²) in [5.41, 5.74) is 2.08. The topological polar surface area (TPSA) is 92.9 Å². The van der Waals surface area contributed by atoms with Gasteiger partial charge in [-0.2, -0.15) is 0 Å². The van der Waals surface area contributed by atoms with Crippen LogP contribution in [0.2, 0.25) is 0 Å². The molecular formula is C21H19N5O2S. The van der Waals surface area contributed by atoms with Crippen LogP contribution in [-0.2, 0) is 7.05 Å². The second-order valence-electron chi connectivity index (χ2n) is 6.67. The van der Waals surface area contributed by atoms with Crippen LogP contribution in [0, 0.1) is 0 Å². The number of nitrogens with one attached hydrogen (secondary N) is 1. The molecule has 0 aliphatic carbocycles. The summed E-state index contributed by atoms with van der Waals surface area (Å²) in [5, 5.41) is 23.0. The van der Waals surface area contributed by atoms with Crippen molar-refractivity contribution in [3.8, 4) is 5.75 Å². The van der Waals surface area contributed by atoms with E-state index in [0.29, 0.717) is 11.4 Å². The van der Waals surface area contributed by atoms with Gasteiger partial charge in [-0.3, -0.25) is 9.78 Å². The molecule has 8 heteroatoms. The number of rotatable bonds is 5. The van der Waals surface area contributed by atoms with Gasteiger partial charge in [0.25, 0.3) is 5.91 Å². The molecule has 146 valence electrons. The zero-order valence-electron chi connectivity index (χ0n) is 15.9. The molecule has 1 amide bonds. The van der Waals surface area contributed by atoms with Gasteiger partial charge >= 0.3 is 0 Å². The van der Waals surface area contributed by atoms with Gasteiger partial charge in [0.15, 0.2) is 5.16 Å². The molecule has 0 saturated carbocycles. The SMILES string of the molecule is C[C@H](Sc1nncn1C)c1cccc(NC(=O)c2cc3ccc(O)cc3cn2)c1. The Bertz CT molecular complexity index is 1190. The third kappa shape index (κ3) is 4.22. The summed E-state index contributed by atoms with van der Waals surface area (Å²) in [6.07, 6.45) is 3.25. The molecule has 0 aliphatic rings. The second kappa shape index (κ2) is 7.92. The van der Waals surface area contributed by atoms with Crippen molar-refractivity contribution in [1.29, 1.82) is 0 Å². The van der Waals surface area contributed by atoms with E-state index in [9.17, 15) is 9.90 Å². The molecule has 2 aromatic carbocycles. The van der Waals surface area contributed by atoms with Gasteiger partial charge in [0.1, 0.15) is 17.8 Å². The molecule has 29 heavy (non-hydrogen) atoms. The van der Waals surface area contributed by atoms with Crippen molar-refractivity contribution in [2.24, 2.45) is 7.05 Å². The normalized spacial score (nSPS) is 12.1. The Morgan fingerprint density at radius 3 is 2.83 bits per heavy atom. The first-order valence-corrected chi connectivity index (χ1v) is 9.88. The minimum Gasteiger partial charge on any atom is -0.508 e. The zero-order chi connectivity index (χ0) is 20.4. The van der Waals surface area contributed by atoms with Gasteiger partial charge in [-0.1, -0.05) is 30.0 Å². The number of aryl methyl sites for hydroxylation is 1. The van der Waals surface area contributed by atoms with Crippen molar-refractivity contribution < 1.29 is 9.90 Å². The highest BCUT2D eigenvalue weighted by molar-refractivity contribution is 7.99. The summed E-state index contributed by atoms with van der Waals surface area (Å²) in [4.78, 5) is 16.9. The molecule has 0 radical (unpaired) electrons. The number of pyridine rings is 1. The maximum Gasteiger partial charge on any atom is 0.274 e. The van der Waals surface area contributed by atoms with Crippen LogP contribution in [-0.4, -0.2) is 30.8 Å². The second-order valence-corrected chi connectivity index (χ2v) is 7.97. The van der Waals surface area contributed by atoms with Crippen LogP contribution in [0.5, 0.6) is 5.75 Å². The Kier molecular flexibility index (Phi) is 5.18. The van der Waals surface area contributed by atoms with Crippen LogP contribution >= 0.6 is 11.8 Å².